The molecule has 1 rings (SSSR count). The Bertz CT molecular complexity index is 333. The average Bonchev–Trinajstić information content (AvgIpc) is 2.06. The number of rotatable bonds is 1. The maximum absolute atomic E-state index is 5.26. The normalized spacial score (nSPS) is 7.91. The first-order valence-corrected chi connectivity index (χ1v) is 3.30. The Morgan fingerprint density at radius 3 is 2.73 bits per heavy atom. The Morgan fingerprint density at radius 2 is 2.09 bits per heavy atom. The van der Waals surface area contributed by atoms with Crippen molar-refractivity contribution < 1.29 is 0 Å². The van der Waals surface area contributed by atoms with E-state index in [0.717, 1.165) is 11.1 Å². The molecule has 0 unspecified atom stereocenters. The van der Waals surface area contributed by atoms with Crippen LogP contribution in [0.25, 0.3) is 6.08 Å². The molecule has 0 aliphatic heterocycles. The summed E-state index contributed by atoms with van der Waals surface area (Å²) in [6, 6.07) is 7.68. The van der Waals surface area contributed by atoms with Crippen molar-refractivity contribution in [1.82, 2.24) is 0 Å². The summed E-state index contributed by atoms with van der Waals surface area (Å²) in [4.78, 5) is 0. The van der Waals surface area contributed by atoms with E-state index in [1.54, 1.807) is 6.08 Å². The molecule has 0 atom stereocenters. The van der Waals surface area contributed by atoms with Crippen LogP contribution in [0.5, 0.6) is 0 Å². The molecule has 0 aromatic heterocycles. The third-order valence-corrected chi connectivity index (χ3v) is 1.37. The highest BCUT2D eigenvalue weighted by Gasteiger charge is 1.91. The molecule has 0 bridgehead atoms. The van der Waals surface area contributed by atoms with Crippen LogP contribution in [-0.2, 0) is 0 Å². The minimum atomic E-state index is 0.878. The summed E-state index contributed by atoms with van der Waals surface area (Å²) in [7, 11) is 0. The molecule has 0 nitrogen and oxygen atoms in total. The highest BCUT2D eigenvalue weighted by atomic mass is 13.9. The van der Waals surface area contributed by atoms with E-state index in [1.165, 1.54) is 0 Å². The molecule has 0 aliphatic carbocycles. The minimum Gasteiger partial charge on any atom is -0.128 e. The number of terminal acetylenes is 1. The van der Waals surface area contributed by atoms with Gasteiger partial charge in [0.1, 0.15) is 0 Å². The first-order chi connectivity index (χ1) is 5.38. The van der Waals surface area contributed by atoms with Crippen molar-refractivity contribution in [3.8, 4) is 12.3 Å². The molecule has 0 radical (unpaired) electrons. The third kappa shape index (κ3) is 1.61. The van der Waals surface area contributed by atoms with Gasteiger partial charge in [-0.25, -0.2) is 0 Å². The summed E-state index contributed by atoms with van der Waals surface area (Å²) in [5, 5.41) is 0. The molecule has 0 saturated carbocycles. The summed E-state index contributed by atoms with van der Waals surface area (Å²) < 4.78 is 0. The van der Waals surface area contributed by atoms with Crippen molar-refractivity contribution in [2.75, 3.05) is 0 Å². The van der Waals surface area contributed by atoms with Crippen LogP contribution < -0.4 is 0 Å². The van der Waals surface area contributed by atoms with Gasteiger partial charge in [-0.15, -0.1) is 12.2 Å². The molecule has 0 amide bonds. The number of hydrogen-bond donors (Lipinski definition) is 0. The third-order valence-electron chi connectivity index (χ3n) is 1.37. The van der Waals surface area contributed by atoms with Crippen molar-refractivity contribution in [1.29, 1.82) is 0 Å². The maximum atomic E-state index is 5.26. The summed E-state index contributed by atoms with van der Waals surface area (Å²) >= 11 is 0. The first-order valence-electron chi connectivity index (χ1n) is 3.30. The van der Waals surface area contributed by atoms with Crippen LogP contribution in [0.3, 0.4) is 0 Å². The van der Waals surface area contributed by atoms with Gasteiger partial charge in [0, 0.05) is 5.56 Å². The summed E-state index contributed by atoms with van der Waals surface area (Å²) in [5.74, 6) is 2.58. The van der Waals surface area contributed by atoms with Gasteiger partial charge in [0.05, 0.1) is 0 Å². The predicted octanol–water partition coefficient (Wildman–Crippen LogP) is 2.47. The average molecular weight is 140 g/mol. The fraction of sp³-hybridized carbons (Fsp3) is 0. The molecule has 0 aliphatic rings. The van der Waals surface area contributed by atoms with Crippen LogP contribution in [0.1, 0.15) is 11.1 Å². The van der Waals surface area contributed by atoms with Gasteiger partial charge >= 0.3 is 0 Å². The molecule has 0 saturated heterocycles. The summed E-state index contributed by atoms with van der Waals surface area (Å²) in [6.45, 7) is 3.48. The van der Waals surface area contributed by atoms with Gasteiger partial charge in [-0.2, -0.15) is 0 Å². The van der Waals surface area contributed by atoms with E-state index in [0.29, 0.717) is 0 Å². The van der Waals surface area contributed by atoms with Gasteiger partial charge < -0.3 is 0 Å². The lowest BCUT2D eigenvalue weighted by Gasteiger charge is -1.94. The second-order valence-corrected chi connectivity index (χ2v) is 2.08. The van der Waals surface area contributed by atoms with Gasteiger partial charge in [0.25, 0.3) is 0 Å². The zero-order valence-electron chi connectivity index (χ0n) is 6.17. The van der Waals surface area contributed by atoms with Gasteiger partial charge in [-0.05, 0) is 17.7 Å². The highest BCUT2D eigenvalue weighted by molar-refractivity contribution is 5.57. The molecule has 1 aromatic rings. The first kappa shape index (κ1) is 7.41. The summed E-state index contributed by atoms with van der Waals surface area (Å²) in [6.07, 6.45) is 7.04. The Balaban J connectivity index is 3.25. The molecular formula is C11H8. The van der Waals surface area contributed by atoms with Crippen molar-refractivity contribution in [3.63, 3.8) is 0 Å². The van der Waals surface area contributed by atoms with Gasteiger partial charge in [0.2, 0.25) is 0 Å². The fourth-order valence-electron chi connectivity index (χ4n) is 0.864. The molecular weight excluding hydrogens is 132 g/mol. The van der Waals surface area contributed by atoms with E-state index in [-0.39, 0.29) is 0 Å². The van der Waals surface area contributed by atoms with E-state index < -0.39 is 0 Å². The second kappa shape index (κ2) is 3.46. The zero-order valence-corrected chi connectivity index (χ0v) is 6.17. The molecule has 0 fully saturated rings. The fourth-order valence-corrected chi connectivity index (χ4v) is 0.864. The molecule has 0 heterocycles. The van der Waals surface area contributed by atoms with Crippen molar-refractivity contribution in [2.24, 2.45) is 0 Å². The van der Waals surface area contributed by atoms with Gasteiger partial charge in [-0.3, -0.25) is 0 Å². The lowest BCUT2D eigenvalue weighted by atomic mass is 10.1. The molecule has 1 aromatic carbocycles. The van der Waals surface area contributed by atoms with E-state index in [1.807, 2.05) is 24.3 Å². The van der Waals surface area contributed by atoms with Crippen molar-refractivity contribution in [3.05, 3.63) is 47.7 Å². The maximum Gasteiger partial charge on any atom is 0.0321 e. The SMILES string of the molecule is C#Cc1ccccc1C=C=C. The Morgan fingerprint density at radius 1 is 1.36 bits per heavy atom. The predicted molar refractivity (Wildman–Crippen MR) is 48.0 cm³/mol. The van der Waals surface area contributed by atoms with Crippen LogP contribution in [-0.4, -0.2) is 0 Å². The monoisotopic (exact) mass is 140 g/mol. The topological polar surface area (TPSA) is 0 Å². The minimum absolute atomic E-state index is 0.878. The summed E-state index contributed by atoms with van der Waals surface area (Å²) in [5.41, 5.74) is 4.56. The lowest BCUT2D eigenvalue weighted by molar-refractivity contribution is 1.60. The van der Waals surface area contributed by atoms with E-state index in [4.69, 9.17) is 6.42 Å². The number of hydrogen-bond acceptors (Lipinski definition) is 0. The van der Waals surface area contributed by atoms with Crippen LogP contribution in [0, 0.1) is 12.3 Å². The highest BCUT2D eigenvalue weighted by Crippen LogP contribution is 2.07. The van der Waals surface area contributed by atoms with Crippen molar-refractivity contribution in [2.45, 2.75) is 0 Å². The largest absolute Gasteiger partial charge is 0.128 e. The lowest BCUT2D eigenvalue weighted by Crippen LogP contribution is -1.78. The van der Waals surface area contributed by atoms with Crippen LogP contribution in [0.4, 0.5) is 0 Å². The molecule has 11 heavy (non-hydrogen) atoms. The van der Waals surface area contributed by atoms with Gasteiger partial charge in [-0.1, -0.05) is 30.7 Å². The standard InChI is InChI=1S/C11H8/c1-3-7-11-9-6-5-8-10(11)4-2/h2,5-9H,1H2. The molecule has 0 heteroatoms. The Hall–Kier alpha value is -1.70. The van der Waals surface area contributed by atoms with Crippen LogP contribution >= 0.6 is 0 Å². The van der Waals surface area contributed by atoms with E-state index in [2.05, 4.69) is 18.2 Å². The van der Waals surface area contributed by atoms with Crippen LogP contribution in [0.2, 0.25) is 0 Å². The number of benzene rings is 1. The Kier molecular flexibility index (Phi) is 2.33. The molecule has 0 N–H and O–H groups in total. The van der Waals surface area contributed by atoms with Crippen molar-refractivity contribution >= 4 is 6.08 Å². The van der Waals surface area contributed by atoms with E-state index in [9.17, 15) is 0 Å². The second-order valence-electron chi connectivity index (χ2n) is 2.08. The molecule has 0 spiro atoms. The molecule has 52 valence electrons. The van der Waals surface area contributed by atoms with Gasteiger partial charge in [0.15, 0.2) is 0 Å². The smallest absolute Gasteiger partial charge is 0.0321 e. The van der Waals surface area contributed by atoms with Crippen LogP contribution in [0.15, 0.2) is 36.6 Å². The van der Waals surface area contributed by atoms with E-state index >= 15 is 0 Å². The quantitative estimate of drug-likeness (QED) is 0.415. The zero-order chi connectivity index (χ0) is 8.10. The Labute approximate surface area is 66.9 Å².